The van der Waals surface area contributed by atoms with Crippen molar-refractivity contribution >= 4 is 23.4 Å². The second kappa shape index (κ2) is 9.35. The van der Waals surface area contributed by atoms with E-state index in [1.807, 2.05) is 56.0 Å². The molecule has 180 valence electrons. The molecule has 0 atom stereocenters. The first-order valence-electron chi connectivity index (χ1n) is 12.4. The van der Waals surface area contributed by atoms with Crippen molar-refractivity contribution in [3.05, 3.63) is 30.3 Å². The zero-order valence-corrected chi connectivity index (χ0v) is 20.3. The molecule has 3 aliphatic rings. The van der Waals surface area contributed by atoms with Crippen LogP contribution in [0.1, 0.15) is 65.7 Å². The number of rotatable bonds is 4. The molecule has 2 saturated heterocycles. The first-order valence-corrected chi connectivity index (χ1v) is 12.4. The number of anilines is 1. The molecule has 1 aromatic carbocycles. The fourth-order valence-electron chi connectivity index (χ4n) is 5.57. The first-order chi connectivity index (χ1) is 15.7. The van der Waals surface area contributed by atoms with E-state index in [1.165, 1.54) is 6.42 Å². The molecule has 1 spiro atoms. The summed E-state index contributed by atoms with van der Waals surface area (Å²) >= 11 is 0. The molecule has 1 aromatic rings. The van der Waals surface area contributed by atoms with E-state index in [4.69, 9.17) is 0 Å². The molecule has 1 aliphatic carbocycles. The van der Waals surface area contributed by atoms with Gasteiger partial charge in [0.2, 0.25) is 11.8 Å². The van der Waals surface area contributed by atoms with Gasteiger partial charge in [0.1, 0.15) is 12.1 Å². The molecule has 7 nitrogen and oxygen atoms in total. The van der Waals surface area contributed by atoms with Gasteiger partial charge >= 0.3 is 0 Å². The van der Waals surface area contributed by atoms with Crippen LogP contribution in [0.3, 0.4) is 0 Å². The third-order valence-corrected chi connectivity index (χ3v) is 7.41. The average molecular weight is 455 g/mol. The molecule has 0 unspecified atom stereocenters. The lowest BCUT2D eigenvalue weighted by Crippen LogP contribution is -2.58. The molecule has 3 fully saturated rings. The van der Waals surface area contributed by atoms with Crippen molar-refractivity contribution in [3.8, 4) is 0 Å². The molecule has 1 N–H and O–H groups in total. The van der Waals surface area contributed by atoms with Crippen molar-refractivity contribution in [2.24, 2.45) is 5.41 Å². The van der Waals surface area contributed by atoms with Crippen molar-refractivity contribution in [2.45, 2.75) is 77.3 Å². The van der Waals surface area contributed by atoms with Gasteiger partial charge in [-0.3, -0.25) is 14.4 Å². The van der Waals surface area contributed by atoms with Gasteiger partial charge in [-0.1, -0.05) is 58.2 Å². The van der Waals surface area contributed by atoms with Crippen molar-refractivity contribution < 1.29 is 14.4 Å². The summed E-state index contributed by atoms with van der Waals surface area (Å²) in [5.41, 5.74) is -0.162. The van der Waals surface area contributed by atoms with Crippen molar-refractivity contribution in [1.29, 1.82) is 0 Å². The number of amides is 3. The van der Waals surface area contributed by atoms with Gasteiger partial charge in [0, 0.05) is 30.2 Å². The lowest BCUT2D eigenvalue weighted by Gasteiger charge is -2.44. The normalized spacial score (nSPS) is 21.5. The van der Waals surface area contributed by atoms with Crippen LogP contribution in [-0.2, 0) is 14.4 Å². The fourth-order valence-corrected chi connectivity index (χ4v) is 5.57. The van der Waals surface area contributed by atoms with E-state index in [0.717, 1.165) is 31.4 Å². The van der Waals surface area contributed by atoms with Gasteiger partial charge in [-0.25, -0.2) is 0 Å². The van der Waals surface area contributed by atoms with Gasteiger partial charge in [0.15, 0.2) is 0 Å². The Bertz CT molecular complexity index is 865. The number of likely N-dealkylation sites (tertiary alicyclic amines) is 1. The van der Waals surface area contributed by atoms with Gasteiger partial charge in [0.05, 0.1) is 6.67 Å². The zero-order chi connectivity index (χ0) is 23.6. The summed E-state index contributed by atoms with van der Waals surface area (Å²) in [5.74, 6) is 0.0615. The van der Waals surface area contributed by atoms with Gasteiger partial charge in [0.25, 0.3) is 5.91 Å². The number of carbonyl (C=O) groups is 3. The molecule has 33 heavy (non-hydrogen) atoms. The van der Waals surface area contributed by atoms with Crippen LogP contribution in [0.25, 0.3) is 0 Å². The quantitative estimate of drug-likeness (QED) is 0.759. The molecule has 0 radical (unpaired) electrons. The molecule has 7 heteroatoms. The molecule has 2 aliphatic heterocycles. The second-order valence-electron chi connectivity index (χ2n) is 10.9. The Morgan fingerprint density at radius 3 is 2.27 bits per heavy atom. The molecule has 3 amide bonds. The number of piperidine rings is 1. The summed E-state index contributed by atoms with van der Waals surface area (Å²) in [5, 5.41) is 3.15. The molecular weight excluding hydrogens is 416 g/mol. The minimum atomic E-state index is -0.707. The van der Waals surface area contributed by atoms with Gasteiger partial charge in [-0.2, -0.15) is 0 Å². The molecular formula is C26H38N4O3. The van der Waals surface area contributed by atoms with Crippen LogP contribution < -0.4 is 10.2 Å². The van der Waals surface area contributed by atoms with E-state index >= 15 is 0 Å². The van der Waals surface area contributed by atoms with E-state index in [1.54, 1.807) is 4.90 Å². The second-order valence-corrected chi connectivity index (χ2v) is 10.9. The van der Waals surface area contributed by atoms with E-state index in [2.05, 4.69) is 10.2 Å². The molecule has 1 saturated carbocycles. The Morgan fingerprint density at radius 1 is 1.03 bits per heavy atom. The largest absolute Gasteiger partial charge is 0.352 e. The van der Waals surface area contributed by atoms with Crippen molar-refractivity contribution in [2.75, 3.05) is 31.2 Å². The average Bonchev–Trinajstić information content (AvgIpc) is 3.06. The summed E-state index contributed by atoms with van der Waals surface area (Å²) in [6.45, 7) is 7.38. The van der Waals surface area contributed by atoms with Crippen molar-refractivity contribution in [3.63, 3.8) is 0 Å². The van der Waals surface area contributed by atoms with Crippen molar-refractivity contribution in [1.82, 2.24) is 15.1 Å². The SMILES string of the molecule is CC(C)(C)C(=O)N1CCC2(CC1)C(=O)N(CC(=O)NC1CCCCC1)CN2c1ccccc1. The number of hydrogen-bond acceptors (Lipinski definition) is 4. The summed E-state index contributed by atoms with van der Waals surface area (Å²) in [6.07, 6.45) is 6.74. The maximum Gasteiger partial charge on any atom is 0.250 e. The third kappa shape index (κ3) is 4.87. The highest BCUT2D eigenvalue weighted by Crippen LogP contribution is 2.40. The predicted molar refractivity (Wildman–Crippen MR) is 129 cm³/mol. The minimum absolute atomic E-state index is 0.00741. The summed E-state index contributed by atoms with van der Waals surface area (Å²) in [4.78, 5) is 45.1. The van der Waals surface area contributed by atoms with Crippen LogP contribution in [0.2, 0.25) is 0 Å². The highest BCUT2D eigenvalue weighted by atomic mass is 16.2. The molecule has 0 aromatic heterocycles. The lowest BCUT2D eigenvalue weighted by atomic mass is 9.84. The third-order valence-electron chi connectivity index (χ3n) is 7.41. The number of para-hydroxylation sites is 1. The molecule has 2 heterocycles. The maximum absolute atomic E-state index is 13.8. The summed E-state index contributed by atoms with van der Waals surface area (Å²) < 4.78 is 0. The lowest BCUT2D eigenvalue weighted by molar-refractivity contribution is -0.144. The number of nitrogens with one attached hydrogen (secondary N) is 1. The first kappa shape index (κ1) is 23.6. The number of nitrogens with zero attached hydrogens (tertiary/aromatic N) is 3. The Morgan fingerprint density at radius 2 is 1.67 bits per heavy atom. The monoisotopic (exact) mass is 454 g/mol. The van der Waals surface area contributed by atoms with Crippen LogP contribution in [0.4, 0.5) is 5.69 Å². The summed E-state index contributed by atoms with van der Waals surface area (Å²) in [6, 6.07) is 10.2. The van der Waals surface area contributed by atoms with Crippen LogP contribution in [0, 0.1) is 5.41 Å². The predicted octanol–water partition coefficient (Wildman–Crippen LogP) is 3.15. The van der Waals surface area contributed by atoms with Crippen LogP contribution in [0.5, 0.6) is 0 Å². The molecule has 0 bridgehead atoms. The van der Waals surface area contributed by atoms with Gasteiger partial charge < -0.3 is 20.0 Å². The zero-order valence-electron chi connectivity index (χ0n) is 20.3. The van der Waals surface area contributed by atoms with Gasteiger partial charge in [-0.05, 0) is 37.8 Å². The topological polar surface area (TPSA) is 73.0 Å². The Kier molecular flexibility index (Phi) is 6.68. The maximum atomic E-state index is 13.8. The van der Waals surface area contributed by atoms with E-state index in [-0.39, 0.29) is 30.3 Å². The minimum Gasteiger partial charge on any atom is -0.352 e. The van der Waals surface area contributed by atoms with E-state index in [9.17, 15) is 14.4 Å². The van der Waals surface area contributed by atoms with E-state index < -0.39 is 11.0 Å². The number of carbonyl (C=O) groups excluding carboxylic acids is 3. The van der Waals surface area contributed by atoms with Crippen LogP contribution >= 0.6 is 0 Å². The highest BCUT2D eigenvalue weighted by Gasteiger charge is 2.54. The fraction of sp³-hybridized carbons (Fsp3) is 0.654. The number of hydrogen-bond donors (Lipinski definition) is 1. The highest BCUT2D eigenvalue weighted by molar-refractivity contribution is 5.96. The molecule has 4 rings (SSSR count). The van der Waals surface area contributed by atoms with Gasteiger partial charge in [-0.15, -0.1) is 0 Å². The Hall–Kier alpha value is -2.57. The summed E-state index contributed by atoms with van der Waals surface area (Å²) in [7, 11) is 0. The number of benzene rings is 1. The van der Waals surface area contributed by atoms with Crippen LogP contribution in [0.15, 0.2) is 30.3 Å². The smallest absolute Gasteiger partial charge is 0.250 e. The standard InChI is InChI=1S/C26H38N4O3/c1-25(2,3)23(32)28-16-14-26(15-17-28)24(33)29(19-30(26)21-12-8-5-9-13-21)18-22(31)27-20-10-6-4-7-11-20/h5,8-9,12-13,20H,4,6-7,10-11,14-19H2,1-3H3,(H,27,31). The van der Waals surface area contributed by atoms with E-state index in [0.29, 0.717) is 32.6 Å². The Balaban J connectivity index is 1.50. The Labute approximate surface area is 197 Å². The van der Waals surface area contributed by atoms with Crippen LogP contribution in [-0.4, -0.2) is 65.4 Å².